The number of nitrogens with zero attached hydrogens (tertiary/aromatic N) is 1. The van der Waals surface area contributed by atoms with Gasteiger partial charge in [0.1, 0.15) is 0 Å². The average molecular weight is 315 g/mol. The predicted octanol–water partition coefficient (Wildman–Crippen LogP) is 2.83. The van der Waals surface area contributed by atoms with Crippen LogP contribution < -0.4 is 5.32 Å². The van der Waals surface area contributed by atoms with Gasteiger partial charge in [0.05, 0.1) is 21.4 Å². The summed E-state index contributed by atoms with van der Waals surface area (Å²) in [4.78, 5) is 0.383. The number of hydrogen-bond donors (Lipinski definition) is 1. The van der Waals surface area contributed by atoms with E-state index in [2.05, 4.69) is 5.32 Å². The van der Waals surface area contributed by atoms with Crippen LogP contribution in [0.25, 0.3) is 0 Å². The maximum absolute atomic E-state index is 12.5. The second kappa shape index (κ2) is 5.81. The van der Waals surface area contributed by atoms with Crippen molar-refractivity contribution in [1.82, 2.24) is 0 Å². The van der Waals surface area contributed by atoms with Gasteiger partial charge >= 0.3 is 0 Å². The molecule has 0 fully saturated rings. The molecule has 1 aromatic carbocycles. The van der Waals surface area contributed by atoms with Crippen LogP contribution in [0.2, 0.25) is 0 Å². The molecule has 1 aliphatic carbocycles. The summed E-state index contributed by atoms with van der Waals surface area (Å²) in [5.74, 6) is 0. The highest BCUT2D eigenvalue weighted by Crippen LogP contribution is 2.31. The number of hydrogen-bond acceptors (Lipinski definition) is 4. The summed E-state index contributed by atoms with van der Waals surface area (Å²) in [7, 11) is -1.08. The van der Waals surface area contributed by atoms with E-state index in [-0.39, 0.29) is 11.0 Å². The summed E-state index contributed by atoms with van der Waals surface area (Å²) < 4.78 is 12.5. The van der Waals surface area contributed by atoms with Crippen molar-refractivity contribution in [3.8, 4) is 0 Å². The Morgan fingerprint density at radius 2 is 1.86 bits per heavy atom. The predicted molar refractivity (Wildman–Crippen MR) is 87.9 cm³/mol. The van der Waals surface area contributed by atoms with Gasteiger partial charge in [0.15, 0.2) is 0 Å². The van der Waals surface area contributed by atoms with Crippen LogP contribution >= 0.6 is 0 Å². The van der Waals surface area contributed by atoms with Crippen LogP contribution in [0.4, 0.5) is 5.69 Å². The first-order chi connectivity index (χ1) is 10.6. The molecule has 0 aromatic heterocycles. The van der Waals surface area contributed by atoms with Crippen LogP contribution in [0.15, 0.2) is 64.7 Å². The summed E-state index contributed by atoms with van der Waals surface area (Å²) in [6.07, 6.45) is 7.05. The van der Waals surface area contributed by atoms with E-state index in [0.717, 1.165) is 21.9 Å². The minimum Gasteiger partial charge on any atom is -0.612 e. The van der Waals surface area contributed by atoms with Crippen LogP contribution in [0.1, 0.15) is 13.3 Å². The van der Waals surface area contributed by atoms with Crippen molar-refractivity contribution in [3.05, 3.63) is 70.3 Å². The first-order valence-electron chi connectivity index (χ1n) is 6.93. The summed E-state index contributed by atoms with van der Waals surface area (Å²) in [6, 6.07) is 7.54. The number of nitrogens with one attached hydrogen (secondary N) is 1. The molecule has 114 valence electrons. The number of allylic oxidation sites excluding steroid dienone is 6. The molecule has 0 amide bonds. The molecule has 0 radical (unpaired) electrons. The molecule has 0 saturated heterocycles. The molecule has 1 N–H and O–H groups in total. The third-order valence-electron chi connectivity index (χ3n) is 3.67. The largest absolute Gasteiger partial charge is 0.612 e. The molecule has 0 spiro atoms. The smallest absolute Gasteiger partial charge is 0.222 e. The molecular weight excluding hydrogens is 300 g/mol. The highest BCUT2D eigenvalue weighted by atomic mass is 32.2. The van der Waals surface area contributed by atoms with E-state index >= 15 is 0 Å². The molecule has 2 unspecified atom stereocenters. The van der Waals surface area contributed by atoms with Crippen molar-refractivity contribution in [2.45, 2.75) is 23.5 Å². The normalized spacial score (nSPS) is 23.8. The van der Waals surface area contributed by atoms with E-state index in [9.17, 15) is 14.6 Å². The molecule has 1 aromatic rings. The zero-order valence-electron chi connectivity index (χ0n) is 12.0. The van der Waals surface area contributed by atoms with Crippen molar-refractivity contribution in [3.63, 3.8) is 0 Å². The molecule has 1 heterocycles. The monoisotopic (exact) mass is 315 g/mol. The number of rotatable bonds is 0. The third-order valence-corrected chi connectivity index (χ3v) is 5.36. The quantitative estimate of drug-likeness (QED) is 0.590. The van der Waals surface area contributed by atoms with Gasteiger partial charge in [-0.1, -0.05) is 19.1 Å². The Morgan fingerprint density at radius 3 is 2.55 bits per heavy atom. The Balaban J connectivity index is 2.02. The molecule has 0 saturated carbocycles. The van der Waals surface area contributed by atoms with Crippen molar-refractivity contribution in [2.24, 2.45) is 0 Å². The maximum atomic E-state index is 12.5. The molecule has 3 rings (SSSR count). The van der Waals surface area contributed by atoms with Crippen LogP contribution in [0.5, 0.6) is 0 Å². The third kappa shape index (κ3) is 2.69. The molecule has 0 bridgehead atoms. The summed E-state index contributed by atoms with van der Waals surface area (Å²) in [5.41, 5.74) is 2.71. The van der Waals surface area contributed by atoms with Gasteiger partial charge in [-0.2, -0.15) is 4.90 Å². The number of anilines is 1. The van der Waals surface area contributed by atoms with E-state index in [0.29, 0.717) is 6.42 Å². The lowest BCUT2D eigenvalue weighted by Crippen LogP contribution is -2.12. The molecule has 6 heteroatoms. The summed E-state index contributed by atoms with van der Waals surface area (Å²) in [5, 5.41) is 24.8. The Bertz CT molecular complexity index is 740. The van der Waals surface area contributed by atoms with E-state index in [4.69, 9.17) is 0 Å². The van der Waals surface area contributed by atoms with E-state index in [1.54, 1.807) is 12.2 Å². The lowest BCUT2D eigenvalue weighted by atomic mass is 10.0. The minimum atomic E-state index is -1.08. The SMILES string of the molecule is CC1CC(=C2C=CC(=[N+]([O-])[O-])C=C2)Nc2ccccc2S1=O. The lowest BCUT2D eigenvalue weighted by Gasteiger charge is -2.14. The first kappa shape index (κ1) is 14.6. The zero-order chi connectivity index (χ0) is 15.7. The number of benzene rings is 1. The van der Waals surface area contributed by atoms with Gasteiger partial charge in [0.2, 0.25) is 5.71 Å². The molecule has 1 aliphatic heterocycles. The standard InChI is InChI=1S/C16H15N2O3S/c1-11-10-15(12-6-8-13(9-7-12)18(19)20)17-14-4-2-3-5-16(14)22(11)21/h2-9,11,17H,10H2,1H3/q-1. The molecule has 2 atom stereocenters. The highest BCUT2D eigenvalue weighted by Gasteiger charge is 2.24. The Labute approximate surface area is 131 Å². The second-order valence-corrected chi connectivity index (χ2v) is 7.06. The summed E-state index contributed by atoms with van der Waals surface area (Å²) >= 11 is 0. The fourth-order valence-corrected chi connectivity index (χ4v) is 3.81. The van der Waals surface area contributed by atoms with Crippen LogP contribution in [-0.2, 0) is 10.8 Å². The van der Waals surface area contributed by atoms with Gasteiger partial charge in [0, 0.05) is 29.5 Å². The van der Waals surface area contributed by atoms with Crippen LogP contribution in [0, 0.1) is 10.4 Å². The Kier molecular flexibility index (Phi) is 3.85. The van der Waals surface area contributed by atoms with Gasteiger partial charge in [-0.15, -0.1) is 0 Å². The number of para-hydroxylation sites is 1. The second-order valence-electron chi connectivity index (χ2n) is 5.22. The zero-order valence-corrected chi connectivity index (χ0v) is 12.8. The van der Waals surface area contributed by atoms with Gasteiger partial charge < -0.3 is 15.7 Å². The summed E-state index contributed by atoms with van der Waals surface area (Å²) in [6.45, 7) is 1.95. The first-order valence-corrected chi connectivity index (χ1v) is 8.15. The topological polar surface area (TPSA) is 78.2 Å². The van der Waals surface area contributed by atoms with E-state index < -0.39 is 15.7 Å². The van der Waals surface area contributed by atoms with Gasteiger partial charge in [-0.05, 0) is 29.9 Å². The molecule has 22 heavy (non-hydrogen) atoms. The maximum Gasteiger partial charge on any atom is 0.222 e. The highest BCUT2D eigenvalue weighted by molar-refractivity contribution is 7.85. The van der Waals surface area contributed by atoms with Crippen molar-refractivity contribution >= 4 is 22.2 Å². The van der Waals surface area contributed by atoms with Crippen LogP contribution in [0.3, 0.4) is 0 Å². The van der Waals surface area contributed by atoms with Gasteiger partial charge in [-0.25, -0.2) is 0 Å². The lowest BCUT2D eigenvalue weighted by molar-refractivity contribution is -0.377. The van der Waals surface area contributed by atoms with Crippen molar-refractivity contribution in [1.29, 1.82) is 0 Å². The van der Waals surface area contributed by atoms with E-state index in [1.165, 1.54) is 12.2 Å². The Morgan fingerprint density at radius 1 is 1.18 bits per heavy atom. The van der Waals surface area contributed by atoms with Gasteiger partial charge in [0.25, 0.3) is 0 Å². The van der Waals surface area contributed by atoms with Crippen molar-refractivity contribution < 1.29 is 9.11 Å². The fraction of sp³-hybridized carbons (Fsp3) is 0.188. The van der Waals surface area contributed by atoms with E-state index in [1.807, 2.05) is 31.2 Å². The van der Waals surface area contributed by atoms with Crippen molar-refractivity contribution in [2.75, 3.05) is 5.32 Å². The average Bonchev–Trinajstić information content (AvgIpc) is 2.65. The van der Waals surface area contributed by atoms with Crippen LogP contribution in [-0.4, -0.2) is 20.1 Å². The van der Waals surface area contributed by atoms with Gasteiger partial charge in [-0.3, -0.25) is 4.21 Å². The fourth-order valence-electron chi connectivity index (χ4n) is 2.51. The molecular formula is C16H15N2O3S-. The molecule has 5 nitrogen and oxygen atoms in total. The Hall–Kier alpha value is -2.34. The number of fused-ring (bicyclic) bond motifs is 1. The minimum absolute atomic E-state index is 0.0265. The molecule has 2 aliphatic rings.